The molecule has 0 atom stereocenters. The fourth-order valence-corrected chi connectivity index (χ4v) is 2.10. The molecule has 1 radical (unpaired) electrons. The minimum absolute atomic E-state index is 0.417. The molecular weight excluding hydrogens is 257 g/mol. The first-order valence-electron chi connectivity index (χ1n) is 4.94. The van der Waals surface area contributed by atoms with Crippen LogP contribution >= 0.6 is 23.2 Å². The summed E-state index contributed by atoms with van der Waals surface area (Å²) in [4.78, 5) is 4.31. The van der Waals surface area contributed by atoms with Crippen LogP contribution in [0.25, 0.3) is 10.9 Å². The number of halogens is 2. The number of hydrogen-bond acceptors (Lipinski definition) is 2. The van der Waals surface area contributed by atoms with Gasteiger partial charge in [0.1, 0.15) is 5.15 Å². The van der Waals surface area contributed by atoms with Gasteiger partial charge in [0.15, 0.2) is 0 Å². The molecule has 0 N–H and O–H groups in total. The Kier molecular flexibility index (Phi) is 2.50. The number of benzene rings is 1. The molecule has 1 aromatic carbocycles. The number of nitrogens with zero attached hydrogens (tertiary/aromatic N) is 3. The smallest absolute Gasteiger partial charge is 0.139 e. The van der Waals surface area contributed by atoms with E-state index in [0.29, 0.717) is 15.9 Å². The summed E-state index contributed by atoms with van der Waals surface area (Å²) in [5, 5.41) is 5.98. The van der Waals surface area contributed by atoms with Crippen LogP contribution < -0.4 is 5.43 Å². The molecule has 0 aliphatic carbocycles. The molecule has 17 heavy (non-hydrogen) atoms. The fraction of sp³-hybridized carbons (Fsp3) is 0. The molecule has 0 saturated heterocycles. The molecule has 0 bridgehead atoms. The van der Waals surface area contributed by atoms with Gasteiger partial charge in [0, 0.05) is 16.0 Å². The maximum absolute atomic E-state index is 6.12. The van der Waals surface area contributed by atoms with E-state index < -0.39 is 0 Å². The third-order valence-electron chi connectivity index (χ3n) is 2.47. The maximum atomic E-state index is 6.12. The van der Waals surface area contributed by atoms with E-state index >= 15 is 0 Å². The number of hydrogen-bond donors (Lipinski definition) is 0. The van der Waals surface area contributed by atoms with E-state index in [2.05, 4.69) is 15.5 Å². The zero-order valence-electron chi connectivity index (χ0n) is 8.56. The van der Waals surface area contributed by atoms with Crippen LogP contribution in [0.2, 0.25) is 10.2 Å². The van der Waals surface area contributed by atoms with Crippen molar-refractivity contribution < 1.29 is 0 Å². The van der Waals surface area contributed by atoms with Gasteiger partial charge in [-0.2, -0.15) is 10.5 Å². The standard InChI is InChI=1S/C12H6Cl2N3/c13-8-1-2-10-7(5-8)6-9(12(14)16-10)11-3-4-15-17-11/h1-6H. The van der Waals surface area contributed by atoms with Crippen molar-refractivity contribution in [3.63, 3.8) is 0 Å². The zero-order chi connectivity index (χ0) is 11.8. The van der Waals surface area contributed by atoms with Crippen LogP contribution in [0.4, 0.5) is 0 Å². The first-order valence-corrected chi connectivity index (χ1v) is 5.70. The van der Waals surface area contributed by atoms with E-state index in [1.807, 2.05) is 18.2 Å². The summed E-state index contributed by atoms with van der Waals surface area (Å²) in [5.41, 5.74) is 6.06. The molecule has 5 heteroatoms. The lowest BCUT2D eigenvalue weighted by molar-refractivity contribution is 0.972. The molecule has 83 valence electrons. The summed E-state index contributed by atoms with van der Waals surface area (Å²) in [7, 11) is 0. The van der Waals surface area contributed by atoms with E-state index in [0.717, 1.165) is 16.5 Å². The number of allylic oxidation sites excluding steroid dienone is 1. The number of rotatable bonds is 1. The van der Waals surface area contributed by atoms with E-state index in [4.69, 9.17) is 23.2 Å². The molecule has 2 aromatic rings. The SMILES string of the molecule is Clc1ccc2nc(Cl)c(C3=N[N]C=C3)cc2c1. The number of pyridine rings is 1. The highest BCUT2D eigenvalue weighted by Gasteiger charge is 2.12. The van der Waals surface area contributed by atoms with Crippen molar-refractivity contribution in [2.45, 2.75) is 0 Å². The van der Waals surface area contributed by atoms with Crippen LogP contribution in [-0.4, -0.2) is 10.7 Å². The van der Waals surface area contributed by atoms with Crippen LogP contribution in [0, 0.1) is 0 Å². The average molecular weight is 263 g/mol. The Labute approximate surface area is 108 Å². The van der Waals surface area contributed by atoms with E-state index in [9.17, 15) is 0 Å². The summed E-state index contributed by atoms with van der Waals surface area (Å²) in [6.07, 6.45) is 3.41. The van der Waals surface area contributed by atoms with E-state index in [-0.39, 0.29) is 0 Å². The second kappa shape index (κ2) is 4.02. The molecule has 1 aliphatic rings. The Bertz CT molecular complexity index is 662. The van der Waals surface area contributed by atoms with Gasteiger partial charge in [0.05, 0.1) is 17.4 Å². The van der Waals surface area contributed by atoms with Crippen molar-refractivity contribution in [1.29, 1.82) is 0 Å². The summed E-state index contributed by atoms with van der Waals surface area (Å²) in [5.74, 6) is 0. The van der Waals surface area contributed by atoms with Gasteiger partial charge in [-0.05, 0) is 30.3 Å². The first-order chi connectivity index (χ1) is 8.24. The molecule has 0 amide bonds. The monoisotopic (exact) mass is 262 g/mol. The predicted octanol–water partition coefficient (Wildman–Crippen LogP) is 3.38. The summed E-state index contributed by atoms with van der Waals surface area (Å²) < 4.78 is 0. The van der Waals surface area contributed by atoms with Crippen molar-refractivity contribution in [1.82, 2.24) is 10.4 Å². The quantitative estimate of drug-likeness (QED) is 0.727. The van der Waals surface area contributed by atoms with Crippen LogP contribution in [-0.2, 0) is 0 Å². The van der Waals surface area contributed by atoms with Gasteiger partial charge in [0.25, 0.3) is 0 Å². The van der Waals surface area contributed by atoms with Crippen molar-refractivity contribution >= 4 is 39.8 Å². The molecule has 2 heterocycles. The molecule has 3 rings (SSSR count). The third kappa shape index (κ3) is 1.88. The van der Waals surface area contributed by atoms with Crippen molar-refractivity contribution in [3.05, 3.63) is 52.3 Å². The van der Waals surface area contributed by atoms with Gasteiger partial charge < -0.3 is 0 Å². The minimum atomic E-state index is 0.417. The highest BCUT2D eigenvalue weighted by Crippen LogP contribution is 2.24. The van der Waals surface area contributed by atoms with E-state index in [1.54, 1.807) is 18.3 Å². The topological polar surface area (TPSA) is 39.4 Å². The lowest BCUT2D eigenvalue weighted by Gasteiger charge is -2.04. The van der Waals surface area contributed by atoms with Gasteiger partial charge in [-0.3, -0.25) is 0 Å². The zero-order valence-corrected chi connectivity index (χ0v) is 10.1. The third-order valence-corrected chi connectivity index (χ3v) is 2.99. The Balaban J connectivity index is 2.25. The van der Waals surface area contributed by atoms with Gasteiger partial charge in [-0.15, -0.1) is 0 Å². The maximum Gasteiger partial charge on any atom is 0.139 e. The van der Waals surface area contributed by atoms with Gasteiger partial charge >= 0.3 is 0 Å². The molecule has 0 fully saturated rings. The van der Waals surface area contributed by atoms with Crippen LogP contribution in [0.1, 0.15) is 5.56 Å². The summed E-state index contributed by atoms with van der Waals surface area (Å²) in [6.45, 7) is 0. The normalized spacial score (nSPS) is 13.9. The summed E-state index contributed by atoms with van der Waals surface area (Å²) in [6, 6.07) is 7.39. The van der Waals surface area contributed by atoms with Crippen molar-refractivity contribution in [3.8, 4) is 0 Å². The summed E-state index contributed by atoms with van der Waals surface area (Å²) >= 11 is 12.1. The highest BCUT2D eigenvalue weighted by molar-refractivity contribution is 6.35. The van der Waals surface area contributed by atoms with Gasteiger partial charge in [-0.25, -0.2) is 4.98 Å². The lowest BCUT2D eigenvalue weighted by Crippen LogP contribution is -1.98. The molecule has 0 saturated carbocycles. The second-order valence-electron chi connectivity index (χ2n) is 3.58. The Morgan fingerprint density at radius 2 is 1.94 bits per heavy atom. The van der Waals surface area contributed by atoms with E-state index in [1.165, 1.54) is 0 Å². The van der Waals surface area contributed by atoms with Crippen molar-refractivity contribution in [2.24, 2.45) is 5.10 Å². The molecular formula is C12H6Cl2N3. The van der Waals surface area contributed by atoms with Crippen LogP contribution in [0.5, 0.6) is 0 Å². The number of fused-ring (bicyclic) bond motifs is 1. The highest BCUT2D eigenvalue weighted by atomic mass is 35.5. The van der Waals surface area contributed by atoms with Crippen molar-refractivity contribution in [2.75, 3.05) is 0 Å². The molecule has 0 spiro atoms. The number of aromatic nitrogens is 1. The van der Waals surface area contributed by atoms with Crippen LogP contribution in [0.3, 0.4) is 0 Å². The fourth-order valence-electron chi connectivity index (χ4n) is 1.68. The van der Waals surface area contributed by atoms with Crippen LogP contribution in [0.15, 0.2) is 41.6 Å². The predicted molar refractivity (Wildman–Crippen MR) is 69.6 cm³/mol. The molecule has 1 aromatic heterocycles. The molecule has 1 aliphatic heterocycles. The van der Waals surface area contributed by atoms with Gasteiger partial charge in [0.2, 0.25) is 0 Å². The Morgan fingerprint density at radius 3 is 2.71 bits per heavy atom. The second-order valence-corrected chi connectivity index (χ2v) is 4.37. The minimum Gasteiger partial charge on any atom is -0.235 e. The first kappa shape index (κ1) is 10.6. The average Bonchev–Trinajstić information content (AvgIpc) is 2.82. The Hall–Kier alpha value is -1.58. The van der Waals surface area contributed by atoms with Gasteiger partial charge in [-0.1, -0.05) is 23.2 Å². The largest absolute Gasteiger partial charge is 0.235 e. The lowest BCUT2D eigenvalue weighted by atomic mass is 10.1. The molecule has 0 unspecified atom stereocenters. The molecule has 3 nitrogen and oxygen atoms in total. The Morgan fingerprint density at radius 1 is 1.06 bits per heavy atom.